The van der Waals surface area contributed by atoms with Crippen LogP contribution >= 0.6 is 11.6 Å². The molecule has 7 aromatic rings. The molecule has 3 aliphatic rings. The number of anilines is 3. The quantitative estimate of drug-likeness (QED) is 0.0922. The molecule has 386 valence electrons. The lowest BCUT2D eigenvalue weighted by molar-refractivity contribution is -0.678. The average molecular weight is 1050 g/mol. The van der Waals surface area contributed by atoms with Crippen LogP contribution in [-0.4, -0.2) is 86.8 Å². The van der Waals surface area contributed by atoms with E-state index in [1.165, 1.54) is 18.5 Å². The van der Waals surface area contributed by atoms with Crippen molar-refractivity contribution in [2.75, 3.05) is 75.0 Å². The first-order chi connectivity index (χ1) is 36.3. The molecule has 7 N–H and O–H groups in total. The number of nitrogens with two attached hydrogens (primary N) is 1. The van der Waals surface area contributed by atoms with Gasteiger partial charge in [-0.25, -0.2) is 9.97 Å². The fourth-order valence-corrected chi connectivity index (χ4v) is 8.04. The Kier molecular flexibility index (Phi) is 21.2. The number of benzene rings is 5. The molecule has 3 amide bonds. The summed E-state index contributed by atoms with van der Waals surface area (Å²) in [6.07, 6.45) is 3.09. The molecule has 3 atom stereocenters. The van der Waals surface area contributed by atoms with Crippen molar-refractivity contribution in [3.05, 3.63) is 214 Å². The molecular weight excluding hydrogens is 994 g/mol. The molecule has 3 unspecified atom stereocenters. The molecule has 0 aliphatic carbocycles. The van der Waals surface area contributed by atoms with Gasteiger partial charge in [0, 0.05) is 61.2 Å². The third kappa shape index (κ3) is 17.0. The summed E-state index contributed by atoms with van der Waals surface area (Å²) in [6.45, 7) is 8.01. The highest BCUT2D eigenvalue weighted by atomic mass is 35.5. The number of hydrogen-bond acceptors (Lipinski definition) is 12. The maximum Gasteiger partial charge on any atom is 0.257 e. The highest BCUT2D eigenvalue weighted by molar-refractivity contribution is 6.29. The summed E-state index contributed by atoms with van der Waals surface area (Å²) in [7, 11) is 0. The van der Waals surface area contributed by atoms with Gasteiger partial charge in [0.05, 0.1) is 49.7 Å². The summed E-state index contributed by atoms with van der Waals surface area (Å²) in [5.74, 6) is 0.114. The maximum atomic E-state index is 12.5. The number of rotatable bonds is 12. The number of amides is 3. The average Bonchev–Trinajstić information content (AvgIpc) is 3.47. The highest BCUT2D eigenvalue weighted by Crippen LogP contribution is 2.24. The zero-order valence-corrected chi connectivity index (χ0v) is 42.4. The van der Waals surface area contributed by atoms with Gasteiger partial charge >= 0.3 is 0 Å². The number of morpholine rings is 3. The Hall–Kier alpha value is -7.56. The lowest BCUT2D eigenvalue weighted by Gasteiger charge is -2.24. The lowest BCUT2D eigenvalue weighted by atomic mass is 10.1. The number of nitriles is 1. The summed E-state index contributed by atoms with van der Waals surface area (Å²) in [6, 6.07) is 48.5. The number of pyridine rings is 2. The van der Waals surface area contributed by atoms with E-state index in [0.717, 1.165) is 85.3 Å². The van der Waals surface area contributed by atoms with Gasteiger partial charge in [0.2, 0.25) is 0 Å². The summed E-state index contributed by atoms with van der Waals surface area (Å²) >= 11 is 5.71. The van der Waals surface area contributed by atoms with E-state index in [4.69, 9.17) is 35.8 Å². The molecule has 75 heavy (non-hydrogen) atoms. The third-order valence-corrected chi connectivity index (χ3v) is 12.2. The second-order valence-electron chi connectivity index (χ2n) is 17.2. The zero-order valence-electron chi connectivity index (χ0n) is 40.9. The smallest absolute Gasteiger partial charge is 0.257 e. The van der Waals surface area contributed by atoms with Crippen LogP contribution in [0.4, 0.5) is 17.1 Å². The van der Waals surface area contributed by atoms with Gasteiger partial charge < -0.3 is 63.3 Å². The topological polar surface area (TPSA) is 214 Å². The number of quaternary nitrogens is 1. The summed E-state index contributed by atoms with van der Waals surface area (Å²) in [5.41, 5.74) is 8.37. The van der Waals surface area contributed by atoms with Crippen LogP contribution in [0.3, 0.4) is 0 Å². The predicted molar refractivity (Wildman–Crippen MR) is 282 cm³/mol. The van der Waals surface area contributed by atoms with Crippen LogP contribution in [-0.2, 0) is 20.8 Å². The molecule has 3 aliphatic heterocycles. The second-order valence-corrected chi connectivity index (χ2v) is 17.6. The number of carbonyl (C=O) groups excluding carboxylic acids is 3. The molecule has 5 heterocycles. The Bertz CT molecular complexity index is 2910. The van der Waals surface area contributed by atoms with Crippen molar-refractivity contribution in [2.45, 2.75) is 24.9 Å². The van der Waals surface area contributed by atoms with Crippen molar-refractivity contribution in [1.29, 1.82) is 5.26 Å². The molecule has 10 rings (SSSR count). The fourth-order valence-electron chi connectivity index (χ4n) is 7.92. The van der Waals surface area contributed by atoms with Crippen LogP contribution in [0.2, 0.25) is 5.15 Å². The van der Waals surface area contributed by atoms with E-state index in [1.807, 2.05) is 121 Å². The van der Waals surface area contributed by atoms with Gasteiger partial charge in [-0.2, -0.15) is 5.26 Å². The number of hydrogen-bond donors (Lipinski definition) is 6. The minimum atomic E-state index is -0.253. The minimum Gasteiger partial charge on any atom is -1.00 e. The molecule has 5 aromatic carbocycles. The van der Waals surface area contributed by atoms with Gasteiger partial charge in [-0.3, -0.25) is 14.4 Å². The molecule has 0 radical (unpaired) electrons. The van der Waals surface area contributed by atoms with E-state index in [0.29, 0.717) is 47.4 Å². The molecule has 18 heteroatoms. The van der Waals surface area contributed by atoms with Crippen molar-refractivity contribution in [3.8, 4) is 11.8 Å². The number of aromatic nitrogens is 2. The van der Waals surface area contributed by atoms with Gasteiger partial charge in [0.25, 0.3) is 17.7 Å². The van der Waals surface area contributed by atoms with Gasteiger partial charge in [-0.15, -0.1) is 0 Å². The first kappa shape index (κ1) is 55.2. The largest absolute Gasteiger partial charge is 1.00 e. The first-order valence-electron chi connectivity index (χ1n) is 24.3. The van der Waals surface area contributed by atoms with Crippen LogP contribution in [0.5, 0.6) is 5.75 Å². The Morgan fingerprint density at radius 3 is 1.52 bits per heavy atom. The Balaban J connectivity index is 0.000000165. The number of ether oxygens (including phenoxy) is 4. The Morgan fingerprint density at radius 1 is 0.600 bits per heavy atom. The van der Waals surface area contributed by atoms with Crippen LogP contribution in [0, 0.1) is 11.3 Å². The van der Waals surface area contributed by atoms with E-state index in [9.17, 15) is 14.4 Å². The van der Waals surface area contributed by atoms with Gasteiger partial charge in [-0.05, 0) is 107 Å². The van der Waals surface area contributed by atoms with Crippen molar-refractivity contribution in [3.63, 3.8) is 0 Å². The van der Waals surface area contributed by atoms with Gasteiger partial charge in [0.1, 0.15) is 41.9 Å². The molecule has 3 saturated heterocycles. The zero-order chi connectivity index (χ0) is 51.3. The summed E-state index contributed by atoms with van der Waals surface area (Å²) < 4.78 is 22.9. The molecule has 16 nitrogen and oxygen atoms in total. The number of halogens is 2. The number of nitrogens with zero attached hydrogens (tertiary/aromatic N) is 3. The molecule has 0 saturated carbocycles. The van der Waals surface area contributed by atoms with Gasteiger partial charge in [0.15, 0.2) is 0 Å². The number of nitrogens with one attached hydrogen (secondary N) is 5. The van der Waals surface area contributed by atoms with Crippen LogP contribution in [0.25, 0.3) is 0 Å². The van der Waals surface area contributed by atoms with E-state index in [2.05, 4.69) is 41.9 Å². The summed E-state index contributed by atoms with van der Waals surface area (Å²) in [5, 5.41) is 26.5. The molecule has 0 bridgehead atoms. The highest BCUT2D eigenvalue weighted by Gasteiger charge is 2.20. The normalized spacial score (nSPS) is 16.8. The predicted octanol–water partition coefficient (Wildman–Crippen LogP) is 4.67. The van der Waals surface area contributed by atoms with Crippen LogP contribution < -0.4 is 49.0 Å². The molecule has 3 fully saturated rings. The lowest BCUT2D eigenvalue weighted by Crippen LogP contribution is -3.00. The third-order valence-electron chi connectivity index (χ3n) is 12.0. The summed E-state index contributed by atoms with van der Waals surface area (Å²) in [4.78, 5) is 44.5. The Labute approximate surface area is 446 Å². The van der Waals surface area contributed by atoms with E-state index < -0.39 is 0 Å². The second kappa shape index (κ2) is 28.8. The molecular formula is C57H57Cl2N9O7. The SMILES string of the molecule is N#Cc1ccc(C(=O)Nc2ccc(C3C[NH2+]CCO3)cc2)cn1.O=C(Nc1ccc(C2CNCCO2)cc1)c1ccc(Cl)nc1.O=C(Nc1ccc(C2CNCCO2)cc1)c1ccc(OCc2ccccc2)cc1.[Cl-]. The number of carbonyl (C=O) groups is 3. The minimum absolute atomic E-state index is 0. The van der Waals surface area contributed by atoms with Gasteiger partial charge in [-0.1, -0.05) is 78.3 Å². The van der Waals surface area contributed by atoms with Crippen molar-refractivity contribution < 1.29 is 51.1 Å². The first-order valence-corrected chi connectivity index (χ1v) is 24.7. The van der Waals surface area contributed by atoms with Crippen LogP contribution in [0.1, 0.15) is 77.3 Å². The van der Waals surface area contributed by atoms with E-state index in [1.54, 1.807) is 30.3 Å². The molecule has 0 spiro atoms. The van der Waals surface area contributed by atoms with E-state index >= 15 is 0 Å². The molecule has 2 aromatic heterocycles. The standard InChI is InChI=1S/C24H24N2O3.C17H16N4O2.C16H16ClN3O2.ClH/c27-24(26-21-10-6-19(7-11-21)23-16-25-14-15-28-23)20-8-12-22(13-9-20)29-17-18-4-2-1-3-5-18;18-9-15-6-3-13(10-20-15)17(22)21-14-4-1-12(2-5-14)16-11-19-7-8-23-16;17-15-6-3-12(9-19-15)16(21)20-13-4-1-11(2-5-13)14-10-18-7-8-22-14;/h1-13,23,25H,14-17H2,(H,26,27);1-6,10,16,19H,7-8,11H2,(H,21,22);1-6,9,14,18H,7-8,10H2,(H,20,21);1H. The van der Waals surface area contributed by atoms with Crippen molar-refractivity contribution >= 4 is 46.4 Å². The van der Waals surface area contributed by atoms with Crippen molar-refractivity contribution in [2.24, 2.45) is 0 Å². The van der Waals surface area contributed by atoms with Crippen molar-refractivity contribution in [1.82, 2.24) is 20.6 Å². The maximum absolute atomic E-state index is 12.5. The van der Waals surface area contributed by atoms with E-state index in [-0.39, 0.29) is 54.1 Å². The fraction of sp³-hybridized carbons (Fsp3) is 0.228. The monoisotopic (exact) mass is 1050 g/mol. The Morgan fingerprint density at radius 2 is 1.08 bits per heavy atom. The van der Waals surface area contributed by atoms with Crippen LogP contribution in [0.15, 0.2) is 164 Å².